The summed E-state index contributed by atoms with van der Waals surface area (Å²) >= 11 is 0. The average molecular weight is 579 g/mol. The minimum Gasteiger partial charge on any atom is -0.310 e. The zero-order chi connectivity index (χ0) is 30.4. The standard InChI is InChI=1S/C43H34N2/c1-33-22-27-42(44(38-18-10-4-11-19-38)40-28-23-36(24-29-40)34-14-6-2-7-15-34)32-43(33)45(39-20-12-5-13-21-39)41-30-25-37(26-31-41)35-16-8-3-9-17-35/h2-32H,1H3. The molecule has 7 aromatic carbocycles. The second kappa shape index (κ2) is 12.8. The minimum absolute atomic E-state index is 1.09. The van der Waals surface area contributed by atoms with Crippen LogP contribution in [0.1, 0.15) is 5.56 Å². The summed E-state index contributed by atoms with van der Waals surface area (Å²) in [6, 6.07) is 66.8. The van der Waals surface area contributed by atoms with E-state index in [1.54, 1.807) is 0 Å². The molecule has 2 heteroatoms. The van der Waals surface area contributed by atoms with Crippen LogP contribution < -0.4 is 9.80 Å². The van der Waals surface area contributed by atoms with Crippen molar-refractivity contribution in [1.82, 2.24) is 0 Å². The lowest BCUT2D eigenvalue weighted by Crippen LogP contribution is -2.14. The molecule has 0 saturated carbocycles. The zero-order valence-corrected chi connectivity index (χ0v) is 25.3. The summed E-state index contributed by atoms with van der Waals surface area (Å²) in [6.45, 7) is 2.19. The highest BCUT2D eigenvalue weighted by molar-refractivity contribution is 5.85. The van der Waals surface area contributed by atoms with Crippen molar-refractivity contribution < 1.29 is 0 Å². The second-order valence-corrected chi connectivity index (χ2v) is 11.1. The normalized spacial score (nSPS) is 10.8. The Morgan fingerprint density at radius 3 is 1.09 bits per heavy atom. The highest BCUT2D eigenvalue weighted by Crippen LogP contribution is 2.42. The molecule has 0 spiro atoms. The molecule has 0 radical (unpaired) electrons. The Bertz CT molecular complexity index is 1970. The number of nitrogens with zero attached hydrogens (tertiary/aromatic N) is 2. The molecule has 0 heterocycles. The van der Waals surface area contributed by atoms with Crippen molar-refractivity contribution in [2.75, 3.05) is 9.80 Å². The molecule has 0 unspecified atom stereocenters. The molecule has 2 nitrogen and oxygen atoms in total. The van der Waals surface area contributed by atoms with Crippen molar-refractivity contribution in [2.24, 2.45) is 0 Å². The van der Waals surface area contributed by atoms with Crippen LogP contribution in [0, 0.1) is 6.92 Å². The molecule has 45 heavy (non-hydrogen) atoms. The van der Waals surface area contributed by atoms with Gasteiger partial charge in [0.05, 0.1) is 5.69 Å². The van der Waals surface area contributed by atoms with E-state index in [4.69, 9.17) is 0 Å². The van der Waals surface area contributed by atoms with Crippen LogP contribution in [-0.4, -0.2) is 0 Å². The van der Waals surface area contributed by atoms with Gasteiger partial charge < -0.3 is 9.80 Å². The Hall–Kier alpha value is -5.86. The number of aryl methyl sites for hydroxylation is 1. The summed E-state index contributed by atoms with van der Waals surface area (Å²) in [6.07, 6.45) is 0. The fraction of sp³-hybridized carbons (Fsp3) is 0.0233. The molecule has 0 fully saturated rings. The summed E-state index contributed by atoms with van der Waals surface area (Å²) in [5.74, 6) is 0. The van der Waals surface area contributed by atoms with E-state index in [0.717, 1.165) is 34.1 Å². The Balaban J connectivity index is 1.33. The van der Waals surface area contributed by atoms with Crippen LogP contribution in [0.15, 0.2) is 188 Å². The number of rotatable bonds is 8. The molecular formula is C43H34N2. The molecule has 0 amide bonds. The molecule has 216 valence electrons. The molecule has 0 aliphatic heterocycles. The third-order valence-corrected chi connectivity index (χ3v) is 8.19. The number of benzene rings is 7. The lowest BCUT2D eigenvalue weighted by Gasteiger charge is -2.30. The summed E-state index contributed by atoms with van der Waals surface area (Å²) in [4.78, 5) is 4.69. The Kier molecular flexibility index (Phi) is 7.94. The van der Waals surface area contributed by atoms with Gasteiger partial charge in [-0.3, -0.25) is 0 Å². The number of hydrogen-bond donors (Lipinski definition) is 0. The van der Waals surface area contributed by atoms with Crippen molar-refractivity contribution in [3.05, 3.63) is 194 Å². The highest BCUT2D eigenvalue weighted by Gasteiger charge is 2.19. The van der Waals surface area contributed by atoms with Gasteiger partial charge in [0.1, 0.15) is 0 Å². The fourth-order valence-corrected chi connectivity index (χ4v) is 5.87. The maximum absolute atomic E-state index is 2.36. The zero-order valence-electron chi connectivity index (χ0n) is 25.3. The topological polar surface area (TPSA) is 6.48 Å². The summed E-state index contributed by atoms with van der Waals surface area (Å²) in [5, 5.41) is 0. The molecule has 7 aromatic rings. The minimum atomic E-state index is 1.09. The van der Waals surface area contributed by atoms with Gasteiger partial charge in [-0.1, -0.05) is 127 Å². The van der Waals surface area contributed by atoms with E-state index in [2.05, 4.69) is 205 Å². The lowest BCUT2D eigenvalue weighted by atomic mass is 10.0. The third kappa shape index (κ3) is 6.00. The van der Waals surface area contributed by atoms with Gasteiger partial charge in [-0.05, 0) is 95.4 Å². The Morgan fingerprint density at radius 1 is 0.289 bits per heavy atom. The van der Waals surface area contributed by atoms with E-state index >= 15 is 0 Å². The smallest absolute Gasteiger partial charge is 0.0511 e. The predicted molar refractivity (Wildman–Crippen MR) is 191 cm³/mol. The highest BCUT2D eigenvalue weighted by atomic mass is 15.2. The first kappa shape index (κ1) is 27.9. The van der Waals surface area contributed by atoms with Crippen LogP contribution in [0.5, 0.6) is 0 Å². The number of hydrogen-bond acceptors (Lipinski definition) is 2. The van der Waals surface area contributed by atoms with Crippen LogP contribution in [0.4, 0.5) is 34.1 Å². The van der Waals surface area contributed by atoms with Gasteiger partial charge in [0.2, 0.25) is 0 Å². The van der Waals surface area contributed by atoms with Crippen LogP contribution in [0.25, 0.3) is 22.3 Å². The molecule has 0 atom stereocenters. The summed E-state index contributed by atoms with van der Waals surface area (Å²) < 4.78 is 0. The van der Waals surface area contributed by atoms with Gasteiger partial charge in [0, 0.05) is 28.4 Å². The van der Waals surface area contributed by atoms with Crippen LogP contribution in [-0.2, 0) is 0 Å². The van der Waals surface area contributed by atoms with Crippen molar-refractivity contribution >= 4 is 34.1 Å². The van der Waals surface area contributed by atoms with Gasteiger partial charge >= 0.3 is 0 Å². The largest absolute Gasteiger partial charge is 0.310 e. The van der Waals surface area contributed by atoms with Crippen LogP contribution >= 0.6 is 0 Å². The first-order valence-corrected chi connectivity index (χ1v) is 15.4. The molecule has 0 bridgehead atoms. The molecular weight excluding hydrogens is 544 g/mol. The molecule has 0 saturated heterocycles. The van der Waals surface area contributed by atoms with Crippen LogP contribution in [0.2, 0.25) is 0 Å². The molecule has 7 rings (SSSR count). The Labute approximate surface area is 266 Å². The quantitative estimate of drug-likeness (QED) is 0.177. The van der Waals surface area contributed by atoms with E-state index in [9.17, 15) is 0 Å². The predicted octanol–water partition coefficient (Wildman–Crippen LogP) is 12.3. The fourth-order valence-electron chi connectivity index (χ4n) is 5.87. The van der Waals surface area contributed by atoms with Gasteiger partial charge in [-0.25, -0.2) is 0 Å². The van der Waals surface area contributed by atoms with E-state index in [-0.39, 0.29) is 0 Å². The Morgan fingerprint density at radius 2 is 0.622 bits per heavy atom. The molecule has 0 aliphatic carbocycles. The monoisotopic (exact) mass is 578 g/mol. The average Bonchev–Trinajstić information content (AvgIpc) is 3.12. The van der Waals surface area contributed by atoms with Crippen molar-refractivity contribution in [2.45, 2.75) is 6.92 Å². The summed E-state index contributed by atoms with van der Waals surface area (Å²) in [7, 11) is 0. The van der Waals surface area contributed by atoms with Crippen molar-refractivity contribution in [1.29, 1.82) is 0 Å². The van der Waals surface area contributed by atoms with Gasteiger partial charge in [0.15, 0.2) is 0 Å². The van der Waals surface area contributed by atoms with Gasteiger partial charge in [-0.2, -0.15) is 0 Å². The first-order chi connectivity index (χ1) is 22.2. The molecule has 0 N–H and O–H groups in total. The van der Waals surface area contributed by atoms with Crippen LogP contribution in [0.3, 0.4) is 0 Å². The summed E-state index contributed by atoms with van der Waals surface area (Å²) in [5.41, 5.74) is 12.7. The maximum atomic E-state index is 2.36. The van der Waals surface area contributed by atoms with E-state index in [1.165, 1.54) is 27.8 Å². The van der Waals surface area contributed by atoms with E-state index < -0.39 is 0 Å². The molecule has 0 aliphatic rings. The van der Waals surface area contributed by atoms with Crippen molar-refractivity contribution in [3.8, 4) is 22.3 Å². The van der Waals surface area contributed by atoms with Gasteiger partial charge in [0.25, 0.3) is 0 Å². The number of anilines is 6. The van der Waals surface area contributed by atoms with Crippen molar-refractivity contribution in [3.63, 3.8) is 0 Å². The van der Waals surface area contributed by atoms with E-state index in [0.29, 0.717) is 0 Å². The number of para-hydroxylation sites is 2. The molecule has 0 aromatic heterocycles. The van der Waals surface area contributed by atoms with E-state index in [1.807, 2.05) is 0 Å². The first-order valence-electron chi connectivity index (χ1n) is 15.4. The SMILES string of the molecule is Cc1ccc(N(c2ccccc2)c2ccc(-c3ccccc3)cc2)cc1N(c1ccccc1)c1ccc(-c2ccccc2)cc1. The van der Waals surface area contributed by atoms with Gasteiger partial charge in [-0.15, -0.1) is 0 Å². The second-order valence-electron chi connectivity index (χ2n) is 11.1. The third-order valence-electron chi connectivity index (χ3n) is 8.19. The maximum Gasteiger partial charge on any atom is 0.0511 e. The lowest BCUT2D eigenvalue weighted by molar-refractivity contribution is 1.22.